The molecule has 3 fully saturated rings. The predicted octanol–water partition coefficient (Wildman–Crippen LogP) is 3.72. The molecule has 3 aliphatic rings. The highest BCUT2D eigenvalue weighted by Gasteiger charge is 2.68. The SMILES string of the molecule is COc1cc(OC)cc([C@H]2OCC[C@@]34C[C@@H](C[C@H]23)C(C)(C)[C@@H]4NC(C)=O)c1. The number of benzene rings is 1. The van der Waals surface area contributed by atoms with E-state index < -0.39 is 0 Å². The average Bonchev–Trinajstić information content (AvgIpc) is 3.13. The Morgan fingerprint density at radius 2 is 1.85 bits per heavy atom. The van der Waals surface area contributed by atoms with Crippen LogP contribution < -0.4 is 14.8 Å². The molecule has 1 N–H and O–H groups in total. The second-order valence-electron chi connectivity index (χ2n) is 9.12. The van der Waals surface area contributed by atoms with Crippen LogP contribution >= 0.6 is 0 Å². The van der Waals surface area contributed by atoms with E-state index in [9.17, 15) is 4.79 Å². The molecule has 1 aliphatic heterocycles. The predicted molar refractivity (Wildman–Crippen MR) is 103 cm³/mol. The Morgan fingerprint density at radius 1 is 1.19 bits per heavy atom. The van der Waals surface area contributed by atoms with Crippen LogP contribution in [0.2, 0.25) is 0 Å². The number of fused-ring (bicyclic) bond motifs is 1. The van der Waals surface area contributed by atoms with Gasteiger partial charge in [0.05, 0.1) is 20.3 Å². The van der Waals surface area contributed by atoms with Gasteiger partial charge in [-0.05, 0) is 59.6 Å². The van der Waals surface area contributed by atoms with Gasteiger partial charge in [0.1, 0.15) is 11.5 Å². The quantitative estimate of drug-likeness (QED) is 0.874. The largest absolute Gasteiger partial charge is 0.497 e. The molecule has 5 nitrogen and oxygen atoms in total. The van der Waals surface area contributed by atoms with Gasteiger partial charge in [-0.2, -0.15) is 0 Å². The van der Waals surface area contributed by atoms with Crippen molar-refractivity contribution in [1.82, 2.24) is 5.32 Å². The standard InChI is InChI=1S/C22H31NO4/c1-13(24)23-20-21(2,3)15-10-18-19(27-7-6-22(18,20)12-15)14-8-16(25-4)11-17(9-14)26-5/h8-9,11,15,18-20H,6-7,10,12H2,1-5H3,(H,23,24)/t15-,18-,19-,20+,22-/m1/s1. The first-order valence-electron chi connectivity index (χ1n) is 9.93. The van der Waals surface area contributed by atoms with Gasteiger partial charge < -0.3 is 19.5 Å². The number of carbonyl (C=O) groups is 1. The van der Waals surface area contributed by atoms with Crippen molar-refractivity contribution in [1.29, 1.82) is 0 Å². The van der Waals surface area contributed by atoms with Gasteiger partial charge in [0.25, 0.3) is 0 Å². The molecule has 5 atom stereocenters. The molecular weight excluding hydrogens is 342 g/mol. The minimum atomic E-state index is 0.0140. The number of hydrogen-bond acceptors (Lipinski definition) is 4. The number of carbonyl (C=O) groups excluding carboxylic acids is 1. The van der Waals surface area contributed by atoms with E-state index in [0.29, 0.717) is 11.8 Å². The molecule has 1 saturated heterocycles. The molecule has 1 aromatic rings. The highest BCUT2D eigenvalue weighted by molar-refractivity contribution is 5.73. The third-order valence-electron chi connectivity index (χ3n) is 7.55. The Hall–Kier alpha value is -1.75. The summed E-state index contributed by atoms with van der Waals surface area (Å²) in [6, 6.07) is 6.23. The molecule has 1 heterocycles. The van der Waals surface area contributed by atoms with Gasteiger partial charge >= 0.3 is 0 Å². The van der Waals surface area contributed by atoms with E-state index >= 15 is 0 Å². The summed E-state index contributed by atoms with van der Waals surface area (Å²) < 4.78 is 17.3. The van der Waals surface area contributed by atoms with Crippen molar-refractivity contribution < 1.29 is 19.0 Å². The molecule has 1 aromatic carbocycles. The van der Waals surface area contributed by atoms with Crippen molar-refractivity contribution in [3.05, 3.63) is 23.8 Å². The van der Waals surface area contributed by atoms with Crippen LogP contribution in [0, 0.1) is 22.7 Å². The van der Waals surface area contributed by atoms with E-state index in [1.165, 1.54) is 6.42 Å². The number of ether oxygens (including phenoxy) is 3. The Bertz CT molecular complexity index is 724. The summed E-state index contributed by atoms with van der Waals surface area (Å²) in [5.41, 5.74) is 1.34. The number of amides is 1. The van der Waals surface area contributed by atoms with Gasteiger partial charge in [-0.25, -0.2) is 0 Å². The van der Waals surface area contributed by atoms with Crippen LogP contribution in [0.5, 0.6) is 11.5 Å². The highest BCUT2D eigenvalue weighted by Crippen LogP contribution is 2.70. The first kappa shape index (κ1) is 18.6. The fraction of sp³-hybridized carbons (Fsp3) is 0.682. The van der Waals surface area contributed by atoms with E-state index in [1.54, 1.807) is 21.1 Å². The normalized spacial score (nSPS) is 36.2. The smallest absolute Gasteiger partial charge is 0.217 e. The van der Waals surface area contributed by atoms with E-state index in [2.05, 4.69) is 31.3 Å². The summed E-state index contributed by atoms with van der Waals surface area (Å²) >= 11 is 0. The van der Waals surface area contributed by atoms with E-state index in [4.69, 9.17) is 14.2 Å². The average molecular weight is 373 g/mol. The molecule has 2 aliphatic carbocycles. The molecule has 1 spiro atoms. The fourth-order valence-electron chi connectivity index (χ4n) is 6.31. The first-order valence-corrected chi connectivity index (χ1v) is 9.93. The van der Waals surface area contributed by atoms with Crippen LogP contribution in [0.15, 0.2) is 18.2 Å². The molecule has 0 radical (unpaired) electrons. The molecule has 0 unspecified atom stereocenters. The summed E-state index contributed by atoms with van der Waals surface area (Å²) in [5.74, 6) is 2.65. The van der Waals surface area contributed by atoms with E-state index in [-0.39, 0.29) is 28.9 Å². The van der Waals surface area contributed by atoms with Crippen LogP contribution in [0.3, 0.4) is 0 Å². The summed E-state index contributed by atoms with van der Waals surface area (Å²) in [4.78, 5) is 12.0. The summed E-state index contributed by atoms with van der Waals surface area (Å²) in [6.07, 6.45) is 3.35. The molecule has 27 heavy (non-hydrogen) atoms. The first-order chi connectivity index (χ1) is 12.8. The van der Waals surface area contributed by atoms with E-state index in [1.807, 2.05) is 6.07 Å². The molecule has 4 rings (SSSR count). The molecule has 0 aromatic heterocycles. The Morgan fingerprint density at radius 3 is 2.44 bits per heavy atom. The van der Waals surface area contributed by atoms with Crippen molar-refractivity contribution in [2.45, 2.75) is 52.2 Å². The zero-order valence-corrected chi connectivity index (χ0v) is 17.0. The van der Waals surface area contributed by atoms with Crippen LogP contribution in [-0.2, 0) is 9.53 Å². The zero-order chi connectivity index (χ0) is 19.4. The zero-order valence-electron chi connectivity index (χ0n) is 17.0. The number of methoxy groups -OCH3 is 2. The van der Waals surface area contributed by atoms with Crippen molar-refractivity contribution in [3.63, 3.8) is 0 Å². The van der Waals surface area contributed by atoms with Gasteiger partial charge in [-0.3, -0.25) is 4.79 Å². The number of hydrogen-bond donors (Lipinski definition) is 1. The second kappa shape index (κ2) is 6.40. The molecular formula is C22H31NO4. The van der Waals surface area contributed by atoms with Gasteiger partial charge in [-0.15, -0.1) is 0 Å². The highest BCUT2D eigenvalue weighted by atomic mass is 16.5. The summed E-state index contributed by atoms with van der Waals surface area (Å²) in [6.45, 7) is 7.00. The van der Waals surface area contributed by atoms with Gasteiger partial charge in [0.15, 0.2) is 0 Å². The second-order valence-corrected chi connectivity index (χ2v) is 9.12. The number of nitrogens with one attached hydrogen (secondary N) is 1. The third kappa shape index (κ3) is 2.74. The number of rotatable bonds is 4. The molecule has 5 heteroatoms. The lowest BCUT2D eigenvalue weighted by atomic mass is 9.59. The van der Waals surface area contributed by atoms with Crippen molar-refractivity contribution in [3.8, 4) is 11.5 Å². The molecule has 148 valence electrons. The van der Waals surface area contributed by atoms with Crippen molar-refractivity contribution in [2.75, 3.05) is 20.8 Å². The Kier molecular flexibility index (Phi) is 4.41. The molecule has 2 bridgehead atoms. The monoisotopic (exact) mass is 373 g/mol. The topological polar surface area (TPSA) is 56.8 Å². The third-order valence-corrected chi connectivity index (χ3v) is 7.55. The van der Waals surface area contributed by atoms with Crippen LogP contribution in [0.4, 0.5) is 0 Å². The van der Waals surface area contributed by atoms with Gasteiger partial charge in [-0.1, -0.05) is 13.8 Å². The van der Waals surface area contributed by atoms with Crippen molar-refractivity contribution in [2.24, 2.45) is 22.7 Å². The Labute approximate surface area is 161 Å². The fourth-order valence-corrected chi connectivity index (χ4v) is 6.31. The van der Waals surface area contributed by atoms with E-state index in [0.717, 1.165) is 36.5 Å². The van der Waals surface area contributed by atoms with Crippen LogP contribution in [-0.4, -0.2) is 32.8 Å². The maximum atomic E-state index is 12.0. The van der Waals surface area contributed by atoms with Gasteiger partial charge in [0.2, 0.25) is 5.91 Å². The molecule has 2 saturated carbocycles. The summed E-state index contributed by atoms with van der Waals surface area (Å²) in [5, 5.41) is 3.33. The van der Waals surface area contributed by atoms with Crippen LogP contribution in [0.25, 0.3) is 0 Å². The lowest BCUT2D eigenvalue weighted by Gasteiger charge is -2.53. The maximum absolute atomic E-state index is 12.0. The van der Waals surface area contributed by atoms with Crippen molar-refractivity contribution >= 4 is 5.91 Å². The molecule has 1 amide bonds. The van der Waals surface area contributed by atoms with Crippen LogP contribution in [0.1, 0.15) is 51.7 Å². The maximum Gasteiger partial charge on any atom is 0.217 e. The lowest BCUT2D eigenvalue weighted by Crippen LogP contribution is -2.58. The Balaban J connectivity index is 1.72. The van der Waals surface area contributed by atoms with Gasteiger partial charge in [0, 0.05) is 25.6 Å². The summed E-state index contributed by atoms with van der Waals surface area (Å²) in [7, 11) is 3.35. The lowest BCUT2D eigenvalue weighted by molar-refractivity contribution is -0.136. The minimum Gasteiger partial charge on any atom is -0.497 e. The minimum absolute atomic E-state index is 0.0140.